The zero-order chi connectivity index (χ0) is 29.0. The Labute approximate surface area is 244 Å². The molecule has 3 N–H and O–H groups in total. The molecule has 4 aromatic rings. The fourth-order valence-electron chi connectivity index (χ4n) is 3.87. The van der Waals surface area contributed by atoms with Crippen LogP contribution >= 0.6 is 11.8 Å². The molecule has 8 heteroatoms. The van der Waals surface area contributed by atoms with Crippen molar-refractivity contribution in [3.8, 4) is 5.75 Å². The first-order valence-electron chi connectivity index (χ1n) is 13.1. The van der Waals surface area contributed by atoms with Gasteiger partial charge < -0.3 is 20.7 Å². The number of para-hydroxylation sites is 2. The van der Waals surface area contributed by atoms with Crippen LogP contribution in [0.4, 0.5) is 11.4 Å². The van der Waals surface area contributed by atoms with Gasteiger partial charge in [0.15, 0.2) is 0 Å². The summed E-state index contributed by atoms with van der Waals surface area (Å²) in [5.74, 6) is -0.146. The van der Waals surface area contributed by atoms with E-state index in [0.717, 1.165) is 16.1 Å². The second-order valence-corrected chi connectivity index (χ2v) is 10.0. The molecule has 0 spiro atoms. The average Bonchev–Trinajstić information content (AvgIpc) is 2.99. The molecule has 0 saturated heterocycles. The summed E-state index contributed by atoms with van der Waals surface area (Å²) in [6, 6.07) is 30.8. The van der Waals surface area contributed by atoms with Gasteiger partial charge in [-0.1, -0.05) is 54.6 Å². The molecule has 0 bridgehead atoms. The smallest absolute Gasteiger partial charge is 0.272 e. The fraction of sp³-hybridized carbons (Fsp3) is 0.121. The van der Waals surface area contributed by atoms with Gasteiger partial charge in [-0.15, -0.1) is 11.8 Å². The van der Waals surface area contributed by atoms with Crippen molar-refractivity contribution in [2.24, 2.45) is 0 Å². The van der Waals surface area contributed by atoms with E-state index >= 15 is 0 Å². The summed E-state index contributed by atoms with van der Waals surface area (Å²) in [6.07, 6.45) is 1.60. The normalized spacial score (nSPS) is 10.9. The second-order valence-electron chi connectivity index (χ2n) is 8.98. The molecule has 208 valence electrons. The van der Waals surface area contributed by atoms with Gasteiger partial charge in [0.05, 0.1) is 12.4 Å². The molecule has 0 aliphatic carbocycles. The van der Waals surface area contributed by atoms with Crippen molar-refractivity contribution in [1.29, 1.82) is 0 Å². The third-order valence-corrected chi connectivity index (χ3v) is 6.96. The van der Waals surface area contributed by atoms with E-state index in [-0.39, 0.29) is 17.4 Å². The van der Waals surface area contributed by atoms with Crippen LogP contribution in [0.15, 0.2) is 114 Å². The molecule has 41 heavy (non-hydrogen) atoms. The maximum Gasteiger partial charge on any atom is 0.272 e. The number of ether oxygens (including phenoxy) is 1. The first-order valence-corrected chi connectivity index (χ1v) is 14.1. The first-order chi connectivity index (χ1) is 19.9. The Balaban J connectivity index is 1.44. The second kappa shape index (κ2) is 14.5. The highest BCUT2D eigenvalue weighted by Crippen LogP contribution is 2.23. The summed E-state index contributed by atoms with van der Waals surface area (Å²) < 4.78 is 5.70. The van der Waals surface area contributed by atoms with Crippen molar-refractivity contribution in [1.82, 2.24) is 5.32 Å². The highest BCUT2D eigenvalue weighted by molar-refractivity contribution is 8.00. The number of hydrogen-bond acceptors (Lipinski definition) is 5. The predicted molar refractivity (Wildman–Crippen MR) is 165 cm³/mol. The van der Waals surface area contributed by atoms with Gasteiger partial charge in [0, 0.05) is 27.4 Å². The lowest BCUT2D eigenvalue weighted by Gasteiger charge is -2.13. The molecule has 3 amide bonds. The van der Waals surface area contributed by atoms with Crippen LogP contribution in [0.1, 0.15) is 28.4 Å². The van der Waals surface area contributed by atoms with E-state index in [2.05, 4.69) is 16.0 Å². The summed E-state index contributed by atoms with van der Waals surface area (Å²) in [6.45, 7) is 4.28. The molecule has 0 aliphatic heterocycles. The summed E-state index contributed by atoms with van der Waals surface area (Å²) in [4.78, 5) is 39.5. The van der Waals surface area contributed by atoms with Gasteiger partial charge in [-0.05, 0) is 74.0 Å². The molecule has 0 saturated carbocycles. The Morgan fingerprint density at radius 3 is 2.22 bits per heavy atom. The van der Waals surface area contributed by atoms with Crippen molar-refractivity contribution in [3.63, 3.8) is 0 Å². The molecule has 0 aromatic heterocycles. The van der Waals surface area contributed by atoms with E-state index in [4.69, 9.17) is 4.74 Å². The zero-order valence-corrected chi connectivity index (χ0v) is 23.7. The van der Waals surface area contributed by atoms with E-state index in [0.29, 0.717) is 29.2 Å². The SMILES string of the molecule is CCOc1ccccc1/C=C(\NC(=O)c1ccccc1)C(=O)Nc1ccc(SCC(=O)Nc2ccccc2C)cc1. The van der Waals surface area contributed by atoms with Crippen LogP contribution in [0.25, 0.3) is 6.08 Å². The number of carbonyl (C=O) groups excluding carboxylic acids is 3. The Hall–Kier alpha value is -4.82. The largest absolute Gasteiger partial charge is 0.493 e. The minimum absolute atomic E-state index is 0.0670. The van der Waals surface area contributed by atoms with E-state index < -0.39 is 11.8 Å². The van der Waals surface area contributed by atoms with Crippen molar-refractivity contribution in [2.45, 2.75) is 18.7 Å². The third kappa shape index (κ3) is 8.58. The zero-order valence-electron chi connectivity index (χ0n) is 22.8. The Morgan fingerprint density at radius 2 is 1.49 bits per heavy atom. The number of nitrogens with one attached hydrogen (secondary N) is 3. The average molecular weight is 566 g/mol. The van der Waals surface area contributed by atoms with Crippen molar-refractivity contribution < 1.29 is 19.1 Å². The molecule has 7 nitrogen and oxygen atoms in total. The topological polar surface area (TPSA) is 96.5 Å². The maximum absolute atomic E-state index is 13.4. The van der Waals surface area contributed by atoms with Crippen molar-refractivity contribution in [2.75, 3.05) is 23.0 Å². The molecule has 0 aliphatic rings. The molecular formula is C33H31N3O4S. The van der Waals surface area contributed by atoms with E-state index in [1.54, 1.807) is 42.5 Å². The first kappa shape index (κ1) is 29.2. The van der Waals surface area contributed by atoms with Gasteiger partial charge in [0.2, 0.25) is 5.91 Å². The predicted octanol–water partition coefficient (Wildman–Crippen LogP) is 6.53. The summed E-state index contributed by atoms with van der Waals surface area (Å²) in [5.41, 5.74) is 3.49. The Morgan fingerprint density at radius 1 is 0.805 bits per heavy atom. The molecule has 0 unspecified atom stereocenters. The molecule has 0 heterocycles. The highest BCUT2D eigenvalue weighted by atomic mass is 32.2. The van der Waals surface area contributed by atoms with Crippen LogP contribution in [-0.2, 0) is 9.59 Å². The number of anilines is 2. The molecule has 0 atom stereocenters. The van der Waals surface area contributed by atoms with E-state index in [9.17, 15) is 14.4 Å². The minimum atomic E-state index is -0.487. The number of hydrogen-bond donors (Lipinski definition) is 3. The van der Waals surface area contributed by atoms with Gasteiger partial charge in [0.1, 0.15) is 11.4 Å². The lowest BCUT2D eigenvalue weighted by Crippen LogP contribution is -2.30. The van der Waals surface area contributed by atoms with Gasteiger partial charge in [-0.3, -0.25) is 14.4 Å². The molecule has 4 aromatic carbocycles. The number of aryl methyl sites for hydroxylation is 1. The third-order valence-electron chi connectivity index (χ3n) is 5.95. The maximum atomic E-state index is 13.4. The summed E-state index contributed by atoms with van der Waals surface area (Å²) >= 11 is 1.39. The molecule has 4 rings (SSSR count). The van der Waals surface area contributed by atoms with Crippen LogP contribution in [0.5, 0.6) is 5.75 Å². The molecule has 0 fully saturated rings. The highest BCUT2D eigenvalue weighted by Gasteiger charge is 2.16. The van der Waals surface area contributed by atoms with Gasteiger partial charge in [-0.2, -0.15) is 0 Å². The van der Waals surface area contributed by atoms with Crippen LogP contribution in [0, 0.1) is 6.92 Å². The minimum Gasteiger partial charge on any atom is -0.493 e. The van der Waals surface area contributed by atoms with Gasteiger partial charge >= 0.3 is 0 Å². The lowest BCUT2D eigenvalue weighted by atomic mass is 10.1. The van der Waals surface area contributed by atoms with Crippen LogP contribution in [0.3, 0.4) is 0 Å². The van der Waals surface area contributed by atoms with Gasteiger partial charge in [-0.25, -0.2) is 0 Å². The number of carbonyl (C=O) groups is 3. The summed E-state index contributed by atoms with van der Waals surface area (Å²) in [5, 5.41) is 8.52. The lowest BCUT2D eigenvalue weighted by molar-refractivity contribution is -0.114. The van der Waals surface area contributed by atoms with E-state index in [1.807, 2.05) is 80.6 Å². The molecular weight excluding hydrogens is 534 g/mol. The number of thioether (sulfide) groups is 1. The van der Waals surface area contributed by atoms with Crippen molar-refractivity contribution in [3.05, 3.63) is 126 Å². The van der Waals surface area contributed by atoms with E-state index in [1.165, 1.54) is 11.8 Å². The van der Waals surface area contributed by atoms with Crippen LogP contribution < -0.4 is 20.7 Å². The fourth-order valence-corrected chi connectivity index (χ4v) is 4.56. The number of benzene rings is 4. The molecule has 0 radical (unpaired) electrons. The number of amides is 3. The standard InChI is InChI=1S/C33H31N3O4S/c1-3-40-30-16-10-8-14-25(30)21-29(36-32(38)24-12-5-4-6-13-24)33(39)34-26-17-19-27(20-18-26)41-22-31(37)35-28-15-9-7-11-23(28)2/h4-21H,3,22H2,1-2H3,(H,34,39)(H,35,37)(H,36,38)/b29-21-. The van der Waals surface area contributed by atoms with Crippen molar-refractivity contribution >= 4 is 46.9 Å². The van der Waals surface area contributed by atoms with Crippen LogP contribution in [0.2, 0.25) is 0 Å². The summed E-state index contributed by atoms with van der Waals surface area (Å²) in [7, 11) is 0. The number of rotatable bonds is 11. The Kier molecular flexibility index (Phi) is 10.3. The van der Waals surface area contributed by atoms with Crippen LogP contribution in [-0.4, -0.2) is 30.1 Å². The quantitative estimate of drug-likeness (QED) is 0.142. The monoisotopic (exact) mass is 565 g/mol. The Bertz CT molecular complexity index is 1540. The van der Waals surface area contributed by atoms with Gasteiger partial charge in [0.25, 0.3) is 11.8 Å².